The van der Waals surface area contributed by atoms with E-state index in [-0.39, 0.29) is 5.91 Å². The molecule has 1 aliphatic carbocycles. The first-order valence-electron chi connectivity index (χ1n) is 10.5. The average Bonchev–Trinajstić information content (AvgIpc) is 3.06. The van der Waals surface area contributed by atoms with Gasteiger partial charge in [-0.3, -0.25) is 9.59 Å². The van der Waals surface area contributed by atoms with E-state index in [4.69, 9.17) is 4.74 Å². The van der Waals surface area contributed by atoms with Gasteiger partial charge >= 0.3 is 11.9 Å². The Labute approximate surface area is 192 Å². The number of aliphatic carboxylic acids is 1. The van der Waals surface area contributed by atoms with Crippen LogP contribution in [0.1, 0.15) is 53.1 Å². The number of hydrogen-bond donors (Lipinski definition) is 2. The summed E-state index contributed by atoms with van der Waals surface area (Å²) in [6.45, 7) is 9.77. The molecule has 6 nitrogen and oxygen atoms in total. The molecule has 1 aromatic carbocycles. The minimum Gasteiger partial charge on any atom is -0.481 e. The molecule has 170 valence electrons. The van der Waals surface area contributed by atoms with Crippen LogP contribution in [0.3, 0.4) is 0 Å². The first-order chi connectivity index (χ1) is 15.0. The number of hydrogen-bond acceptors (Lipinski definition) is 5. The Bertz CT molecular complexity index is 1130. The van der Waals surface area contributed by atoms with Crippen LogP contribution < -0.4 is 5.32 Å². The van der Waals surface area contributed by atoms with Gasteiger partial charge in [-0.15, -0.1) is 11.3 Å². The largest absolute Gasteiger partial charge is 0.481 e. The summed E-state index contributed by atoms with van der Waals surface area (Å²) in [5.41, 5.74) is 6.19. The molecule has 3 rings (SSSR count). The van der Waals surface area contributed by atoms with Crippen molar-refractivity contribution in [2.45, 2.75) is 47.5 Å². The van der Waals surface area contributed by atoms with Gasteiger partial charge in [0.2, 0.25) is 5.91 Å². The van der Waals surface area contributed by atoms with Crippen molar-refractivity contribution in [3.8, 4) is 11.1 Å². The van der Waals surface area contributed by atoms with Crippen LogP contribution in [-0.2, 0) is 14.3 Å². The standard InChI is InChI=1S/C25H29NO5S/c1-12-7-8-17(9-13(12)2)20-16(5)32-23(21(20)25(30)31-6)26-22(27)18-10-14(3)15(4)11-19(18)24(28)29/h7-9,18-19H,10-11H2,1-6H3,(H,26,27)(H,28,29)/t18-,19+/m0/s1. The number of methoxy groups -OCH3 is 1. The van der Waals surface area contributed by atoms with Crippen LogP contribution in [-0.4, -0.2) is 30.1 Å². The molecule has 1 aromatic heterocycles. The maximum atomic E-state index is 13.2. The molecular formula is C25H29NO5S. The van der Waals surface area contributed by atoms with Crippen molar-refractivity contribution in [2.75, 3.05) is 12.4 Å². The second-order valence-corrected chi connectivity index (χ2v) is 9.76. The number of carbonyl (C=O) groups excluding carboxylic acids is 2. The Morgan fingerprint density at radius 1 is 1.00 bits per heavy atom. The minimum absolute atomic E-state index is 0.303. The van der Waals surface area contributed by atoms with Crippen molar-refractivity contribution in [3.05, 3.63) is 50.9 Å². The van der Waals surface area contributed by atoms with Crippen LogP contribution in [0.15, 0.2) is 29.3 Å². The molecule has 0 aliphatic heterocycles. The quantitative estimate of drug-likeness (QED) is 0.458. The smallest absolute Gasteiger partial charge is 0.341 e. The van der Waals surface area contributed by atoms with E-state index in [0.29, 0.717) is 23.4 Å². The molecular weight excluding hydrogens is 426 g/mol. The zero-order chi connectivity index (χ0) is 23.7. The number of thiophene rings is 1. The summed E-state index contributed by atoms with van der Waals surface area (Å²) in [4.78, 5) is 38.7. The summed E-state index contributed by atoms with van der Waals surface area (Å²) >= 11 is 1.30. The normalized spacial score (nSPS) is 18.4. The molecule has 0 spiro atoms. The summed E-state index contributed by atoms with van der Waals surface area (Å²) in [6.07, 6.45) is 0.733. The van der Waals surface area contributed by atoms with Crippen molar-refractivity contribution < 1.29 is 24.2 Å². The second kappa shape index (κ2) is 9.28. The van der Waals surface area contributed by atoms with Crippen molar-refractivity contribution in [2.24, 2.45) is 11.8 Å². The number of esters is 1. The van der Waals surface area contributed by atoms with Gasteiger partial charge in [-0.25, -0.2) is 4.79 Å². The Morgan fingerprint density at radius 2 is 1.62 bits per heavy atom. The van der Waals surface area contributed by atoms with Gasteiger partial charge in [0.1, 0.15) is 10.6 Å². The zero-order valence-corrected chi connectivity index (χ0v) is 20.1. The van der Waals surface area contributed by atoms with Crippen LogP contribution in [0.2, 0.25) is 0 Å². The number of anilines is 1. The predicted molar refractivity (Wildman–Crippen MR) is 126 cm³/mol. The lowest BCUT2D eigenvalue weighted by atomic mass is 9.76. The lowest BCUT2D eigenvalue weighted by Crippen LogP contribution is -2.36. The van der Waals surface area contributed by atoms with Gasteiger partial charge in [0.25, 0.3) is 0 Å². The highest BCUT2D eigenvalue weighted by Crippen LogP contribution is 2.42. The SMILES string of the molecule is COC(=O)c1c(NC(=O)[C@H]2CC(C)=C(C)C[C@H]2C(=O)O)sc(C)c1-c1ccc(C)c(C)c1. The zero-order valence-electron chi connectivity index (χ0n) is 19.3. The highest BCUT2D eigenvalue weighted by molar-refractivity contribution is 7.17. The van der Waals surface area contributed by atoms with E-state index < -0.39 is 23.8 Å². The summed E-state index contributed by atoms with van der Waals surface area (Å²) in [7, 11) is 1.31. The number of carboxylic acid groups (broad SMARTS) is 1. The minimum atomic E-state index is -0.983. The maximum absolute atomic E-state index is 13.2. The molecule has 2 atom stereocenters. The molecule has 0 fully saturated rings. The molecule has 1 amide bonds. The van der Waals surface area contributed by atoms with E-state index in [1.165, 1.54) is 18.4 Å². The first-order valence-corrected chi connectivity index (χ1v) is 11.3. The van der Waals surface area contributed by atoms with Crippen molar-refractivity contribution >= 4 is 34.2 Å². The Hall–Kier alpha value is -2.93. The topological polar surface area (TPSA) is 92.7 Å². The number of benzene rings is 1. The number of aryl methyl sites for hydroxylation is 3. The number of nitrogens with one attached hydrogen (secondary N) is 1. The molecule has 0 unspecified atom stereocenters. The molecule has 1 heterocycles. The molecule has 32 heavy (non-hydrogen) atoms. The fourth-order valence-electron chi connectivity index (χ4n) is 4.21. The Morgan fingerprint density at radius 3 is 2.19 bits per heavy atom. The van der Waals surface area contributed by atoms with E-state index >= 15 is 0 Å². The van der Waals surface area contributed by atoms with Gasteiger partial charge in [-0.1, -0.05) is 29.3 Å². The third-order valence-corrected chi connectivity index (χ3v) is 7.45. The van der Waals surface area contributed by atoms with Crippen molar-refractivity contribution in [1.82, 2.24) is 0 Å². The molecule has 1 aliphatic rings. The van der Waals surface area contributed by atoms with Crippen LogP contribution in [0.4, 0.5) is 5.00 Å². The van der Waals surface area contributed by atoms with Crippen LogP contribution >= 0.6 is 11.3 Å². The Balaban J connectivity index is 2.03. The monoisotopic (exact) mass is 455 g/mol. The van der Waals surface area contributed by atoms with Crippen LogP contribution in [0.5, 0.6) is 0 Å². The van der Waals surface area contributed by atoms with Crippen LogP contribution in [0.25, 0.3) is 11.1 Å². The van der Waals surface area contributed by atoms with E-state index in [9.17, 15) is 19.5 Å². The van der Waals surface area contributed by atoms with E-state index in [2.05, 4.69) is 5.32 Å². The van der Waals surface area contributed by atoms with Crippen LogP contribution in [0, 0.1) is 32.6 Å². The van der Waals surface area contributed by atoms with Gasteiger partial charge in [-0.05, 0) is 64.2 Å². The van der Waals surface area contributed by atoms with Gasteiger partial charge in [-0.2, -0.15) is 0 Å². The van der Waals surface area contributed by atoms with Crippen molar-refractivity contribution in [3.63, 3.8) is 0 Å². The number of ether oxygens (including phenoxy) is 1. The second-order valence-electron chi connectivity index (χ2n) is 8.54. The van der Waals surface area contributed by atoms with Gasteiger partial charge in [0.05, 0.1) is 18.9 Å². The number of allylic oxidation sites excluding steroid dienone is 2. The molecule has 0 radical (unpaired) electrons. The molecule has 2 N–H and O–H groups in total. The summed E-state index contributed by atoms with van der Waals surface area (Å²) < 4.78 is 5.04. The fourth-order valence-corrected chi connectivity index (χ4v) is 5.27. The number of carboxylic acids is 1. The summed E-state index contributed by atoms with van der Waals surface area (Å²) in [5, 5.41) is 12.9. The van der Waals surface area contributed by atoms with E-state index in [1.807, 2.05) is 52.8 Å². The third-order valence-electron chi connectivity index (χ3n) is 6.43. The van der Waals surface area contributed by atoms with Gasteiger partial charge < -0.3 is 15.2 Å². The lowest BCUT2D eigenvalue weighted by Gasteiger charge is -2.29. The maximum Gasteiger partial charge on any atom is 0.341 e. The number of carbonyl (C=O) groups is 3. The molecule has 0 saturated carbocycles. The fraction of sp³-hybridized carbons (Fsp3) is 0.400. The first kappa shape index (κ1) is 23.7. The summed E-state index contributed by atoms with van der Waals surface area (Å²) in [6, 6.07) is 5.97. The van der Waals surface area contributed by atoms with E-state index in [0.717, 1.165) is 38.3 Å². The highest BCUT2D eigenvalue weighted by atomic mass is 32.1. The van der Waals surface area contributed by atoms with Crippen molar-refractivity contribution in [1.29, 1.82) is 0 Å². The Kier molecular flexibility index (Phi) is 6.88. The third kappa shape index (κ3) is 4.48. The highest BCUT2D eigenvalue weighted by Gasteiger charge is 2.38. The summed E-state index contributed by atoms with van der Waals surface area (Å²) in [5.74, 6) is -3.40. The molecule has 0 saturated heterocycles. The predicted octanol–water partition coefficient (Wildman–Crippen LogP) is 5.51. The molecule has 7 heteroatoms. The lowest BCUT2D eigenvalue weighted by molar-refractivity contribution is -0.146. The van der Waals surface area contributed by atoms with Gasteiger partial charge in [0, 0.05) is 10.4 Å². The molecule has 2 aromatic rings. The number of rotatable bonds is 5. The van der Waals surface area contributed by atoms with Gasteiger partial charge in [0.15, 0.2) is 0 Å². The molecule has 0 bridgehead atoms. The number of amides is 1. The van der Waals surface area contributed by atoms with E-state index in [1.54, 1.807) is 0 Å². The average molecular weight is 456 g/mol.